The van der Waals surface area contributed by atoms with Crippen molar-refractivity contribution in [3.63, 3.8) is 0 Å². The maximum absolute atomic E-state index is 12.4. The van der Waals surface area contributed by atoms with E-state index in [0.717, 1.165) is 29.7 Å². The van der Waals surface area contributed by atoms with Gasteiger partial charge in [-0.15, -0.1) is 35.3 Å². The van der Waals surface area contributed by atoms with E-state index < -0.39 is 0 Å². The molecule has 0 N–H and O–H groups in total. The maximum Gasteiger partial charge on any atom is 0.253 e. The van der Waals surface area contributed by atoms with Crippen LogP contribution < -0.4 is 9.47 Å². The van der Waals surface area contributed by atoms with Crippen LogP contribution in [0, 0.1) is 0 Å². The Balaban J connectivity index is 0.836. The Kier molecular flexibility index (Phi) is 10.5. The van der Waals surface area contributed by atoms with E-state index in [-0.39, 0.29) is 18.4 Å². The molecule has 4 aliphatic rings. The molecule has 5 aromatic carbocycles. The first-order valence-electron chi connectivity index (χ1n) is 16.9. The number of amides is 2. The first kappa shape index (κ1) is 35.0. The molecule has 5 nitrogen and oxygen atoms in total. The van der Waals surface area contributed by atoms with E-state index in [1.54, 1.807) is 0 Å². The van der Waals surface area contributed by atoms with Gasteiger partial charge < -0.3 is 9.47 Å². The minimum absolute atomic E-state index is 0.157. The van der Waals surface area contributed by atoms with Gasteiger partial charge in [0.25, 0.3) is 11.8 Å². The third kappa shape index (κ3) is 7.37. The van der Waals surface area contributed by atoms with E-state index in [4.69, 9.17) is 9.47 Å². The Bertz CT molecular complexity index is 2310. The molecule has 0 saturated heterocycles. The second-order valence-electron chi connectivity index (χ2n) is 12.4. The van der Waals surface area contributed by atoms with Crippen LogP contribution in [-0.4, -0.2) is 40.6 Å². The number of ether oxygens (including phenoxy) is 2. The van der Waals surface area contributed by atoms with Crippen LogP contribution in [0.2, 0.25) is 0 Å². The van der Waals surface area contributed by atoms with Crippen molar-refractivity contribution in [2.75, 3.05) is 23.9 Å². The van der Waals surface area contributed by atoms with Gasteiger partial charge in [-0.05, 0) is 79.6 Å². The van der Waals surface area contributed by atoms with Crippen molar-refractivity contribution in [2.45, 2.75) is 26.0 Å². The molecule has 0 aliphatic carbocycles. The van der Waals surface area contributed by atoms with Crippen LogP contribution in [0.4, 0.5) is 0 Å². The van der Waals surface area contributed by atoms with Crippen molar-refractivity contribution in [3.8, 4) is 11.5 Å². The minimum atomic E-state index is -0.309. The number of carbonyl (C=O) groups is 2. The molecule has 0 saturated carbocycles. The third-order valence-corrected chi connectivity index (χ3v) is 19.1. The molecule has 0 aromatic heterocycles. The van der Waals surface area contributed by atoms with Crippen molar-refractivity contribution in [1.82, 2.24) is 4.90 Å². The van der Waals surface area contributed by atoms with Crippen molar-refractivity contribution in [3.05, 3.63) is 123 Å². The highest BCUT2D eigenvalue weighted by Crippen LogP contribution is 2.64. The van der Waals surface area contributed by atoms with Crippen LogP contribution in [0.25, 0.3) is 32.3 Å². The van der Waals surface area contributed by atoms with Gasteiger partial charge in [-0.25, -0.2) is 0 Å². The number of hydrogen-bond donors (Lipinski definition) is 0. The highest BCUT2D eigenvalue weighted by molar-refractivity contribution is 8.43. The zero-order chi connectivity index (χ0) is 35.0. The van der Waals surface area contributed by atoms with Gasteiger partial charge in [0.1, 0.15) is 18.1 Å². The number of benzene rings is 5. The number of unbranched alkanes of at least 4 members (excludes halogenated alkanes) is 1. The molecule has 0 bridgehead atoms. The Hall–Kier alpha value is -2.71. The number of nitrogens with zero attached hydrogens (tertiary/aromatic N) is 1. The van der Waals surface area contributed by atoms with E-state index in [1.165, 1.54) is 82.1 Å². The molecule has 0 unspecified atom stereocenters. The monoisotopic (exact) mass is 813 g/mol. The molecule has 262 valence electrons. The Morgan fingerprint density at radius 2 is 1.38 bits per heavy atom. The Morgan fingerprint density at radius 1 is 0.692 bits per heavy atom. The quantitative estimate of drug-likeness (QED) is 0.0687. The summed E-state index contributed by atoms with van der Waals surface area (Å²) >= 11 is 13.6. The lowest BCUT2D eigenvalue weighted by atomic mass is 9.92. The molecule has 0 spiro atoms. The number of carbonyl (C=O) groups excluding carboxylic acids is 2. The molecule has 0 radical (unpaired) electrons. The Labute approximate surface area is 331 Å². The lowest BCUT2D eigenvalue weighted by Gasteiger charge is -2.17. The number of rotatable bonds is 12. The summed E-state index contributed by atoms with van der Waals surface area (Å²) in [6.45, 7) is 1.09. The molecule has 4 heterocycles. The van der Waals surface area contributed by atoms with Crippen LogP contribution in [0.5, 0.6) is 11.5 Å². The van der Waals surface area contributed by atoms with Crippen LogP contribution in [0.1, 0.15) is 24.0 Å². The fourth-order valence-electron chi connectivity index (χ4n) is 6.50. The fraction of sp³-hybridized carbons (Fsp3) is 0.200. The van der Waals surface area contributed by atoms with E-state index in [2.05, 4.69) is 60.0 Å². The first-order valence-corrected chi connectivity index (χ1v) is 23.2. The van der Waals surface area contributed by atoms with Gasteiger partial charge in [-0.3, -0.25) is 14.5 Å². The van der Waals surface area contributed by atoms with Crippen LogP contribution in [0.3, 0.4) is 0 Å². The molecule has 0 atom stereocenters. The molecular formula is C40H31NO4S7. The molecule has 4 aliphatic heterocycles. The number of imide groups is 1. The van der Waals surface area contributed by atoms with E-state index in [1.807, 2.05) is 101 Å². The van der Waals surface area contributed by atoms with Gasteiger partial charge >= 0.3 is 0 Å². The van der Waals surface area contributed by atoms with Crippen molar-refractivity contribution < 1.29 is 19.1 Å². The van der Waals surface area contributed by atoms with Gasteiger partial charge in [0.2, 0.25) is 0 Å². The molecule has 0 fully saturated rings. The van der Waals surface area contributed by atoms with Gasteiger partial charge in [0, 0.05) is 29.7 Å². The minimum Gasteiger partial charge on any atom is -0.493 e. The Morgan fingerprint density at radius 3 is 2.15 bits per heavy atom. The number of thioether (sulfide) groups is 7. The molecule has 9 rings (SSSR count). The van der Waals surface area contributed by atoms with Gasteiger partial charge in [-0.2, -0.15) is 0 Å². The molecule has 5 aromatic rings. The summed E-state index contributed by atoms with van der Waals surface area (Å²) in [6.07, 6.45) is 4.58. The van der Waals surface area contributed by atoms with Gasteiger partial charge in [-0.1, -0.05) is 102 Å². The molecule has 12 heteroatoms. The SMILES string of the molecule is O=C1C=CC(=O)N1Cc1cc(OCCCCSC2=CSC(=C3SC4=C(SCCS4)S3)S2)cc(OCc2ccc3ccc4cccc5ccc2c3c45)c1. The molecule has 2 amide bonds. The van der Waals surface area contributed by atoms with Crippen LogP contribution in [-0.2, 0) is 22.7 Å². The van der Waals surface area contributed by atoms with E-state index in [0.29, 0.717) is 24.7 Å². The highest BCUT2D eigenvalue weighted by atomic mass is 32.3. The predicted octanol–water partition coefficient (Wildman–Crippen LogP) is 12.0. The lowest BCUT2D eigenvalue weighted by Crippen LogP contribution is -2.29. The predicted molar refractivity (Wildman–Crippen MR) is 230 cm³/mol. The summed E-state index contributed by atoms with van der Waals surface area (Å²) in [5.74, 6) is 4.15. The first-order chi connectivity index (χ1) is 25.6. The summed E-state index contributed by atoms with van der Waals surface area (Å²) in [4.78, 5) is 26.0. The lowest BCUT2D eigenvalue weighted by molar-refractivity contribution is -0.137. The fourth-order valence-corrected chi connectivity index (χ4v) is 16.5. The van der Waals surface area contributed by atoms with E-state index >= 15 is 0 Å². The zero-order valence-electron chi connectivity index (χ0n) is 27.8. The van der Waals surface area contributed by atoms with Gasteiger partial charge in [0.05, 0.1) is 34.3 Å². The summed E-state index contributed by atoms with van der Waals surface area (Å²) in [5.41, 5.74) is 1.88. The van der Waals surface area contributed by atoms with E-state index in [9.17, 15) is 9.59 Å². The zero-order valence-corrected chi connectivity index (χ0v) is 33.5. The van der Waals surface area contributed by atoms with Gasteiger partial charge in [0.15, 0.2) is 0 Å². The highest BCUT2D eigenvalue weighted by Gasteiger charge is 2.29. The standard InChI is InChI=1S/C40H31NO4S7/c42-32-12-13-33(43)41(32)21-24-18-29(44-14-1-2-15-46-34-23-49-39(50-34)40-51-37-38(52-40)48-17-16-47-37)20-30(19-24)45-22-28-9-8-27-7-6-25-4-3-5-26-10-11-31(28)36(27)35(25)26/h3-13,18-20,23H,1-2,14-17,21-22H2. The van der Waals surface area contributed by atoms with Crippen LogP contribution in [0.15, 0.2) is 112 Å². The van der Waals surface area contributed by atoms with Crippen molar-refractivity contribution in [2.24, 2.45) is 0 Å². The van der Waals surface area contributed by atoms with Crippen LogP contribution >= 0.6 is 82.3 Å². The normalized spacial score (nSPS) is 17.5. The largest absolute Gasteiger partial charge is 0.493 e. The average molecular weight is 814 g/mol. The maximum atomic E-state index is 12.4. The summed E-state index contributed by atoms with van der Waals surface area (Å²) in [6, 6.07) is 25.2. The molecule has 52 heavy (non-hydrogen) atoms. The second-order valence-corrected chi connectivity index (χ2v) is 21.0. The van der Waals surface area contributed by atoms with Crippen molar-refractivity contribution in [1.29, 1.82) is 0 Å². The number of hydrogen-bond acceptors (Lipinski definition) is 11. The summed E-state index contributed by atoms with van der Waals surface area (Å²) < 4.78 is 19.9. The smallest absolute Gasteiger partial charge is 0.253 e. The summed E-state index contributed by atoms with van der Waals surface area (Å²) in [5, 5.41) is 9.68. The average Bonchev–Trinajstić information content (AvgIpc) is 3.90. The second kappa shape index (κ2) is 15.6. The molecular weight excluding hydrogens is 783 g/mol. The topological polar surface area (TPSA) is 55.8 Å². The third-order valence-electron chi connectivity index (χ3n) is 8.96. The van der Waals surface area contributed by atoms with Crippen molar-refractivity contribution >= 4 is 126 Å². The summed E-state index contributed by atoms with van der Waals surface area (Å²) in [7, 11) is 0.